The predicted octanol–water partition coefficient (Wildman–Crippen LogP) is 1.52. The Hall–Kier alpha value is -1.36. The highest BCUT2D eigenvalue weighted by atomic mass is 79.9. The van der Waals surface area contributed by atoms with Gasteiger partial charge in [0.2, 0.25) is 5.91 Å². The number of amides is 1. The maximum absolute atomic E-state index is 10.7. The molecule has 1 rings (SSSR count). The topological polar surface area (TPSA) is 69.4 Å². The highest BCUT2D eigenvalue weighted by molar-refractivity contribution is 9.10. The summed E-state index contributed by atoms with van der Waals surface area (Å²) < 4.78 is 5.97. The molecular formula is C10H10BrNO3. The van der Waals surface area contributed by atoms with Crippen LogP contribution in [0.5, 0.6) is 5.75 Å². The van der Waals surface area contributed by atoms with Crippen molar-refractivity contribution < 1.29 is 14.3 Å². The van der Waals surface area contributed by atoms with Crippen molar-refractivity contribution in [3.05, 3.63) is 28.2 Å². The number of nitrogens with two attached hydrogens (primary N) is 1. The number of ether oxygens (including phenoxy) is 1. The Morgan fingerprint density at radius 1 is 1.53 bits per heavy atom. The zero-order valence-corrected chi connectivity index (χ0v) is 9.49. The average Bonchev–Trinajstić information content (AvgIpc) is 2.20. The summed E-state index contributed by atoms with van der Waals surface area (Å²) in [4.78, 5) is 21.2. The molecule has 0 spiro atoms. The van der Waals surface area contributed by atoms with Gasteiger partial charge in [0.05, 0.1) is 23.1 Å². The van der Waals surface area contributed by atoms with E-state index in [4.69, 9.17) is 10.5 Å². The minimum atomic E-state index is -0.435. The van der Waals surface area contributed by atoms with E-state index in [1.165, 1.54) is 0 Å². The van der Waals surface area contributed by atoms with Crippen LogP contribution in [-0.4, -0.2) is 18.8 Å². The molecule has 0 aromatic heterocycles. The first kappa shape index (κ1) is 11.7. The van der Waals surface area contributed by atoms with Crippen molar-refractivity contribution in [2.24, 2.45) is 5.73 Å². The fourth-order valence-corrected chi connectivity index (χ4v) is 1.52. The number of hydrogen-bond donors (Lipinski definition) is 1. The van der Waals surface area contributed by atoms with Gasteiger partial charge < -0.3 is 10.5 Å². The number of halogens is 1. The van der Waals surface area contributed by atoms with Gasteiger partial charge in [-0.15, -0.1) is 0 Å². The van der Waals surface area contributed by atoms with Crippen LogP contribution in [0.2, 0.25) is 0 Å². The predicted molar refractivity (Wildman–Crippen MR) is 58.8 cm³/mol. The standard InChI is InChI=1S/C10H10BrNO3/c11-8-3-1-2-7(6-13)10(8)15-5-4-9(12)14/h1-3,6H,4-5H2,(H2,12,14). The van der Waals surface area contributed by atoms with E-state index in [1.807, 2.05) is 0 Å². The van der Waals surface area contributed by atoms with Crippen LogP contribution in [0.4, 0.5) is 0 Å². The Bertz CT molecular complexity index is 379. The van der Waals surface area contributed by atoms with Crippen LogP contribution >= 0.6 is 15.9 Å². The quantitative estimate of drug-likeness (QED) is 0.826. The SMILES string of the molecule is NC(=O)CCOc1c(Br)cccc1C=O. The number of hydrogen-bond acceptors (Lipinski definition) is 3. The van der Waals surface area contributed by atoms with Crippen LogP contribution in [0, 0.1) is 0 Å². The molecule has 0 unspecified atom stereocenters. The molecule has 0 fully saturated rings. The summed E-state index contributed by atoms with van der Waals surface area (Å²) in [5.41, 5.74) is 5.40. The smallest absolute Gasteiger partial charge is 0.220 e. The van der Waals surface area contributed by atoms with Gasteiger partial charge >= 0.3 is 0 Å². The van der Waals surface area contributed by atoms with Gasteiger partial charge in [0.25, 0.3) is 0 Å². The molecule has 4 nitrogen and oxygen atoms in total. The third-order valence-electron chi connectivity index (χ3n) is 1.72. The van der Waals surface area contributed by atoms with E-state index in [9.17, 15) is 9.59 Å². The van der Waals surface area contributed by atoms with E-state index >= 15 is 0 Å². The summed E-state index contributed by atoms with van der Waals surface area (Å²) in [6.45, 7) is 0.165. The average molecular weight is 272 g/mol. The largest absolute Gasteiger partial charge is 0.491 e. The molecule has 0 atom stereocenters. The number of carbonyl (C=O) groups excluding carboxylic acids is 2. The van der Waals surface area contributed by atoms with Gasteiger partial charge in [0.15, 0.2) is 6.29 Å². The van der Waals surface area contributed by atoms with Crippen molar-refractivity contribution in [3.63, 3.8) is 0 Å². The zero-order chi connectivity index (χ0) is 11.3. The summed E-state index contributed by atoms with van der Waals surface area (Å²) in [5.74, 6) is 0.00320. The highest BCUT2D eigenvalue weighted by Crippen LogP contribution is 2.27. The molecule has 0 aliphatic rings. The summed E-state index contributed by atoms with van der Waals surface area (Å²) in [6.07, 6.45) is 0.823. The second kappa shape index (κ2) is 5.50. The third kappa shape index (κ3) is 3.36. The lowest BCUT2D eigenvalue weighted by Crippen LogP contribution is -2.15. The number of rotatable bonds is 5. The molecule has 0 radical (unpaired) electrons. The maximum atomic E-state index is 10.7. The molecule has 2 N–H and O–H groups in total. The van der Waals surface area contributed by atoms with Crippen molar-refractivity contribution in [2.75, 3.05) is 6.61 Å². The van der Waals surface area contributed by atoms with Crippen LogP contribution in [0.1, 0.15) is 16.8 Å². The summed E-state index contributed by atoms with van der Waals surface area (Å²) in [7, 11) is 0. The van der Waals surface area contributed by atoms with Crippen LogP contribution in [0.15, 0.2) is 22.7 Å². The summed E-state index contributed by atoms with van der Waals surface area (Å²) in [6, 6.07) is 5.12. The van der Waals surface area contributed by atoms with Crippen molar-refractivity contribution in [1.29, 1.82) is 0 Å². The molecule has 0 saturated carbocycles. The second-order valence-corrected chi connectivity index (χ2v) is 3.70. The first-order chi connectivity index (χ1) is 7.15. The summed E-state index contributed by atoms with van der Waals surface area (Å²) in [5, 5.41) is 0. The van der Waals surface area contributed by atoms with Gasteiger partial charge in [0.1, 0.15) is 5.75 Å². The molecule has 0 heterocycles. The Balaban J connectivity index is 2.74. The first-order valence-corrected chi connectivity index (χ1v) is 5.09. The van der Waals surface area contributed by atoms with Crippen molar-refractivity contribution in [1.82, 2.24) is 0 Å². The monoisotopic (exact) mass is 271 g/mol. The van der Waals surface area contributed by atoms with Gasteiger partial charge in [-0.3, -0.25) is 9.59 Å². The van der Waals surface area contributed by atoms with Gasteiger partial charge in [0, 0.05) is 0 Å². The first-order valence-electron chi connectivity index (χ1n) is 4.30. The van der Waals surface area contributed by atoms with Crippen LogP contribution in [-0.2, 0) is 4.79 Å². The lowest BCUT2D eigenvalue weighted by molar-refractivity contribution is -0.118. The normalized spacial score (nSPS) is 9.67. The number of para-hydroxylation sites is 1. The van der Waals surface area contributed by atoms with Gasteiger partial charge in [-0.1, -0.05) is 6.07 Å². The number of carbonyl (C=O) groups is 2. The fourth-order valence-electron chi connectivity index (χ4n) is 1.02. The molecule has 80 valence electrons. The second-order valence-electron chi connectivity index (χ2n) is 2.84. The highest BCUT2D eigenvalue weighted by Gasteiger charge is 2.07. The third-order valence-corrected chi connectivity index (χ3v) is 2.34. The van der Waals surface area contributed by atoms with E-state index in [-0.39, 0.29) is 13.0 Å². The van der Waals surface area contributed by atoms with Crippen LogP contribution in [0.3, 0.4) is 0 Å². The lowest BCUT2D eigenvalue weighted by atomic mass is 10.2. The molecule has 1 aromatic rings. The maximum Gasteiger partial charge on any atom is 0.220 e. The number of primary amides is 1. The molecule has 1 aromatic carbocycles. The molecule has 1 amide bonds. The van der Waals surface area contributed by atoms with Gasteiger partial charge in [-0.05, 0) is 28.1 Å². The minimum Gasteiger partial charge on any atom is -0.491 e. The number of benzene rings is 1. The van der Waals surface area contributed by atoms with Crippen molar-refractivity contribution in [3.8, 4) is 5.75 Å². The molecule has 0 bridgehead atoms. The van der Waals surface area contributed by atoms with E-state index < -0.39 is 5.91 Å². The Labute approximate surface area is 95.5 Å². The van der Waals surface area contributed by atoms with Crippen molar-refractivity contribution in [2.45, 2.75) is 6.42 Å². The molecule has 0 aliphatic heterocycles. The number of aldehydes is 1. The Morgan fingerprint density at radius 3 is 2.87 bits per heavy atom. The van der Waals surface area contributed by atoms with E-state index in [2.05, 4.69) is 15.9 Å². The molecule has 15 heavy (non-hydrogen) atoms. The van der Waals surface area contributed by atoms with E-state index in [1.54, 1.807) is 18.2 Å². The van der Waals surface area contributed by atoms with Crippen LogP contribution in [0.25, 0.3) is 0 Å². The van der Waals surface area contributed by atoms with Gasteiger partial charge in [-0.25, -0.2) is 0 Å². The van der Waals surface area contributed by atoms with Gasteiger partial charge in [-0.2, -0.15) is 0 Å². The molecule has 0 saturated heterocycles. The lowest BCUT2D eigenvalue weighted by Gasteiger charge is -2.08. The van der Waals surface area contributed by atoms with E-state index in [0.717, 1.165) is 0 Å². The Morgan fingerprint density at radius 2 is 2.27 bits per heavy atom. The van der Waals surface area contributed by atoms with Crippen molar-refractivity contribution >= 4 is 28.1 Å². The van der Waals surface area contributed by atoms with E-state index in [0.29, 0.717) is 22.1 Å². The zero-order valence-electron chi connectivity index (χ0n) is 7.90. The minimum absolute atomic E-state index is 0.125. The molecular weight excluding hydrogens is 262 g/mol. The Kier molecular flexibility index (Phi) is 4.30. The fraction of sp³-hybridized carbons (Fsp3) is 0.200. The van der Waals surface area contributed by atoms with Crippen LogP contribution < -0.4 is 10.5 Å². The molecule has 5 heteroatoms. The molecule has 0 aliphatic carbocycles. The summed E-state index contributed by atoms with van der Waals surface area (Å²) >= 11 is 3.26.